The fourth-order valence-electron chi connectivity index (χ4n) is 3.35. The highest BCUT2D eigenvalue weighted by Gasteiger charge is 2.30. The molecular formula is C20H28ClN5O4S. The van der Waals surface area contributed by atoms with E-state index in [0.717, 1.165) is 40.9 Å². The molecule has 1 fully saturated rings. The van der Waals surface area contributed by atoms with Gasteiger partial charge in [0.15, 0.2) is 0 Å². The zero-order valence-electron chi connectivity index (χ0n) is 18.3. The SMILES string of the molecule is Cc1cc2nc(Cl)nc(N3CC(CCNS(=O)(=O)NC(=O)OC(C)(C)C)C3)c2cc1C. The zero-order valence-corrected chi connectivity index (χ0v) is 19.9. The Morgan fingerprint density at radius 2 is 1.87 bits per heavy atom. The fourth-order valence-corrected chi connectivity index (χ4v) is 4.24. The van der Waals surface area contributed by atoms with E-state index in [4.69, 9.17) is 16.3 Å². The monoisotopic (exact) mass is 469 g/mol. The summed E-state index contributed by atoms with van der Waals surface area (Å²) in [6.07, 6.45) is -0.381. The number of anilines is 1. The number of benzene rings is 1. The molecule has 0 saturated carbocycles. The number of carbonyl (C=O) groups is 1. The molecule has 3 rings (SSSR count). The van der Waals surface area contributed by atoms with Crippen LogP contribution in [0.1, 0.15) is 38.3 Å². The second-order valence-electron chi connectivity index (χ2n) is 8.83. The van der Waals surface area contributed by atoms with Crippen molar-refractivity contribution in [2.24, 2.45) is 5.92 Å². The van der Waals surface area contributed by atoms with E-state index in [1.54, 1.807) is 20.8 Å². The van der Waals surface area contributed by atoms with Gasteiger partial charge < -0.3 is 9.64 Å². The van der Waals surface area contributed by atoms with Gasteiger partial charge in [-0.3, -0.25) is 0 Å². The quantitative estimate of drug-likeness (QED) is 0.625. The summed E-state index contributed by atoms with van der Waals surface area (Å²) in [7, 11) is -3.97. The molecule has 1 aliphatic heterocycles. The molecule has 1 aromatic carbocycles. The van der Waals surface area contributed by atoms with Gasteiger partial charge in [-0.15, -0.1) is 0 Å². The molecule has 11 heteroatoms. The van der Waals surface area contributed by atoms with Crippen molar-refractivity contribution in [3.8, 4) is 0 Å². The van der Waals surface area contributed by atoms with Crippen molar-refractivity contribution in [2.75, 3.05) is 24.5 Å². The Balaban J connectivity index is 1.53. The molecule has 1 aromatic heterocycles. The van der Waals surface area contributed by atoms with Crippen LogP contribution in [0.15, 0.2) is 12.1 Å². The lowest BCUT2D eigenvalue weighted by atomic mass is 9.95. The molecule has 0 unspecified atom stereocenters. The first-order valence-corrected chi connectivity index (χ1v) is 11.9. The number of carbonyl (C=O) groups excluding carboxylic acids is 1. The minimum absolute atomic E-state index is 0.204. The lowest BCUT2D eigenvalue weighted by molar-refractivity contribution is 0.0569. The first kappa shape index (κ1) is 23.5. The van der Waals surface area contributed by atoms with Crippen molar-refractivity contribution in [3.05, 3.63) is 28.5 Å². The van der Waals surface area contributed by atoms with E-state index in [0.29, 0.717) is 12.3 Å². The molecule has 2 heterocycles. The number of aromatic nitrogens is 2. The van der Waals surface area contributed by atoms with Crippen LogP contribution in [0.25, 0.3) is 10.9 Å². The highest BCUT2D eigenvalue weighted by Crippen LogP contribution is 2.32. The Bertz CT molecular complexity index is 1090. The van der Waals surface area contributed by atoms with Crippen molar-refractivity contribution in [3.63, 3.8) is 0 Å². The number of amides is 1. The molecule has 1 aliphatic rings. The summed E-state index contributed by atoms with van der Waals surface area (Å²) < 4.78 is 33.1. The van der Waals surface area contributed by atoms with Crippen molar-refractivity contribution < 1.29 is 17.9 Å². The number of rotatable bonds is 6. The summed E-state index contributed by atoms with van der Waals surface area (Å²) in [5.41, 5.74) is 2.33. The lowest BCUT2D eigenvalue weighted by Crippen LogP contribution is -2.49. The maximum atomic E-state index is 12.0. The van der Waals surface area contributed by atoms with Gasteiger partial charge in [-0.2, -0.15) is 18.1 Å². The van der Waals surface area contributed by atoms with Gasteiger partial charge in [-0.1, -0.05) is 0 Å². The standard InChI is InChI=1S/C20H28ClN5O4S/c1-12-8-15-16(9-13(12)2)23-18(21)24-17(15)26-10-14(11-26)6-7-22-31(28,29)25-19(27)30-20(3,4)5/h8-9,14,22H,6-7,10-11H2,1-5H3,(H,25,27). The molecule has 0 bridgehead atoms. The van der Waals surface area contributed by atoms with Crippen molar-refractivity contribution in [1.82, 2.24) is 19.4 Å². The highest BCUT2D eigenvalue weighted by molar-refractivity contribution is 7.88. The van der Waals surface area contributed by atoms with Gasteiger partial charge in [0.2, 0.25) is 5.28 Å². The summed E-state index contributed by atoms with van der Waals surface area (Å²) in [4.78, 5) is 22.5. The Hall–Kier alpha value is -2.17. The Labute approximate surface area is 187 Å². The molecule has 0 radical (unpaired) electrons. The van der Waals surface area contributed by atoms with Crippen molar-refractivity contribution in [1.29, 1.82) is 0 Å². The number of ether oxygens (including phenoxy) is 1. The van der Waals surface area contributed by atoms with E-state index < -0.39 is 21.9 Å². The number of hydrogen-bond donors (Lipinski definition) is 2. The van der Waals surface area contributed by atoms with Crippen LogP contribution in [0.2, 0.25) is 5.28 Å². The predicted molar refractivity (Wildman–Crippen MR) is 121 cm³/mol. The third-order valence-electron chi connectivity index (χ3n) is 4.98. The summed E-state index contributed by atoms with van der Waals surface area (Å²) in [6, 6.07) is 4.07. The average molecular weight is 470 g/mol. The number of hydrogen-bond acceptors (Lipinski definition) is 7. The van der Waals surface area contributed by atoms with E-state index in [9.17, 15) is 13.2 Å². The first-order chi connectivity index (χ1) is 14.3. The van der Waals surface area contributed by atoms with E-state index in [2.05, 4.69) is 25.7 Å². The summed E-state index contributed by atoms with van der Waals surface area (Å²) in [6.45, 7) is 10.7. The summed E-state index contributed by atoms with van der Waals surface area (Å²) >= 11 is 6.12. The Morgan fingerprint density at radius 1 is 1.23 bits per heavy atom. The number of nitrogens with one attached hydrogen (secondary N) is 2. The molecule has 0 atom stereocenters. The molecule has 0 aliphatic carbocycles. The number of halogens is 1. The average Bonchev–Trinajstić information content (AvgIpc) is 2.55. The minimum Gasteiger partial charge on any atom is -0.443 e. The number of nitrogens with zero attached hydrogens (tertiary/aromatic N) is 3. The van der Waals surface area contributed by atoms with E-state index in [-0.39, 0.29) is 11.8 Å². The summed E-state index contributed by atoms with van der Waals surface area (Å²) in [5, 5.41) is 1.16. The number of aryl methyl sites for hydroxylation is 2. The molecule has 1 amide bonds. The Morgan fingerprint density at radius 3 is 2.52 bits per heavy atom. The van der Waals surface area contributed by atoms with Crippen LogP contribution in [-0.4, -0.2) is 49.7 Å². The van der Waals surface area contributed by atoms with E-state index in [1.807, 2.05) is 24.6 Å². The van der Waals surface area contributed by atoms with E-state index >= 15 is 0 Å². The molecule has 2 aromatic rings. The summed E-state index contributed by atoms with van der Waals surface area (Å²) in [5.74, 6) is 1.08. The molecule has 170 valence electrons. The van der Waals surface area contributed by atoms with Crippen LogP contribution in [0, 0.1) is 19.8 Å². The second-order valence-corrected chi connectivity index (χ2v) is 10.7. The lowest BCUT2D eigenvalue weighted by Gasteiger charge is -2.40. The van der Waals surface area contributed by atoms with Crippen molar-refractivity contribution in [2.45, 2.75) is 46.6 Å². The van der Waals surface area contributed by atoms with Gasteiger partial charge in [-0.25, -0.2) is 14.5 Å². The van der Waals surface area contributed by atoms with Crippen LogP contribution in [0.4, 0.5) is 10.6 Å². The van der Waals surface area contributed by atoms with E-state index in [1.165, 1.54) is 0 Å². The first-order valence-electron chi connectivity index (χ1n) is 10.0. The smallest absolute Gasteiger partial charge is 0.422 e. The molecule has 9 nitrogen and oxygen atoms in total. The normalized spacial score (nSPS) is 15.1. The minimum atomic E-state index is -3.97. The molecule has 31 heavy (non-hydrogen) atoms. The maximum Gasteiger partial charge on any atom is 0.422 e. The van der Waals surface area contributed by atoms with Crippen LogP contribution in [0.3, 0.4) is 0 Å². The molecule has 0 spiro atoms. The third kappa shape index (κ3) is 6.18. The van der Waals surface area contributed by atoms with Gasteiger partial charge in [0.25, 0.3) is 0 Å². The van der Waals surface area contributed by atoms with Crippen LogP contribution >= 0.6 is 11.6 Å². The fraction of sp³-hybridized carbons (Fsp3) is 0.550. The van der Waals surface area contributed by atoms with Crippen LogP contribution < -0.4 is 14.3 Å². The van der Waals surface area contributed by atoms with Crippen molar-refractivity contribution >= 4 is 44.6 Å². The third-order valence-corrected chi connectivity index (χ3v) is 6.17. The number of fused-ring (bicyclic) bond motifs is 1. The maximum absolute atomic E-state index is 12.0. The topological polar surface area (TPSA) is 114 Å². The molecular weight excluding hydrogens is 442 g/mol. The van der Waals surface area contributed by atoms with Gasteiger partial charge in [0.05, 0.1) is 5.52 Å². The largest absolute Gasteiger partial charge is 0.443 e. The van der Waals surface area contributed by atoms with Crippen LogP contribution in [-0.2, 0) is 14.9 Å². The van der Waals surface area contributed by atoms with Crippen LogP contribution in [0.5, 0.6) is 0 Å². The van der Waals surface area contributed by atoms with Gasteiger partial charge >= 0.3 is 16.3 Å². The van der Waals surface area contributed by atoms with Gasteiger partial charge in [0, 0.05) is 25.0 Å². The Kier molecular flexibility index (Phi) is 6.64. The predicted octanol–water partition coefficient (Wildman–Crippen LogP) is 3.09. The van der Waals surface area contributed by atoms with Gasteiger partial charge in [-0.05, 0) is 81.8 Å². The van der Waals surface area contributed by atoms with Gasteiger partial charge in [0.1, 0.15) is 11.4 Å². The highest BCUT2D eigenvalue weighted by atomic mass is 35.5. The zero-order chi connectivity index (χ0) is 23.0. The second kappa shape index (κ2) is 8.76. The molecule has 1 saturated heterocycles. The molecule has 2 N–H and O–H groups in total.